The van der Waals surface area contributed by atoms with Crippen LogP contribution in [0.4, 0.5) is 5.82 Å². The van der Waals surface area contributed by atoms with Gasteiger partial charge in [0.25, 0.3) is 0 Å². The lowest BCUT2D eigenvalue weighted by atomic mass is 9.95. The van der Waals surface area contributed by atoms with Crippen molar-refractivity contribution < 1.29 is 0 Å². The van der Waals surface area contributed by atoms with Crippen LogP contribution in [0.3, 0.4) is 0 Å². The summed E-state index contributed by atoms with van der Waals surface area (Å²) in [6.45, 7) is 4.36. The van der Waals surface area contributed by atoms with E-state index in [0.29, 0.717) is 0 Å². The molecule has 2 heterocycles. The Morgan fingerprint density at radius 2 is 2.00 bits per heavy atom. The van der Waals surface area contributed by atoms with Crippen LogP contribution in [0.2, 0.25) is 0 Å². The van der Waals surface area contributed by atoms with Crippen molar-refractivity contribution in [1.82, 2.24) is 19.6 Å². The van der Waals surface area contributed by atoms with Gasteiger partial charge in [0.1, 0.15) is 6.33 Å². The van der Waals surface area contributed by atoms with Gasteiger partial charge in [-0.15, -0.1) is 10.2 Å². The summed E-state index contributed by atoms with van der Waals surface area (Å²) in [5.74, 6) is 0.771. The van der Waals surface area contributed by atoms with Crippen molar-refractivity contribution in [1.29, 1.82) is 0 Å². The molecule has 5 heteroatoms. The number of nitrogens with zero attached hydrogens (tertiary/aromatic N) is 4. The maximum absolute atomic E-state index is 4.38. The molecule has 0 radical (unpaired) electrons. The van der Waals surface area contributed by atoms with E-state index in [-0.39, 0.29) is 5.54 Å². The topological polar surface area (TPSA) is 55.1 Å². The van der Waals surface area contributed by atoms with Crippen molar-refractivity contribution >= 4 is 11.5 Å². The van der Waals surface area contributed by atoms with Crippen molar-refractivity contribution in [2.24, 2.45) is 0 Å². The van der Waals surface area contributed by atoms with E-state index in [1.807, 2.05) is 16.7 Å². The minimum absolute atomic E-state index is 0.0728. The van der Waals surface area contributed by atoms with E-state index in [1.165, 1.54) is 5.56 Å². The van der Waals surface area contributed by atoms with E-state index in [9.17, 15) is 0 Å². The molecule has 21 heavy (non-hydrogen) atoms. The van der Waals surface area contributed by atoms with Crippen LogP contribution in [0.5, 0.6) is 0 Å². The minimum Gasteiger partial charge on any atom is -0.362 e. The fraction of sp³-hybridized carbons (Fsp3) is 0.312. The summed E-state index contributed by atoms with van der Waals surface area (Å²) in [4.78, 5) is 4.38. The molecule has 108 valence electrons. The number of anilines is 1. The highest BCUT2D eigenvalue weighted by Crippen LogP contribution is 2.21. The third-order valence-electron chi connectivity index (χ3n) is 3.55. The van der Waals surface area contributed by atoms with Crippen LogP contribution in [0.25, 0.3) is 5.65 Å². The largest absolute Gasteiger partial charge is 0.362 e. The number of hydrogen-bond acceptors (Lipinski definition) is 4. The van der Waals surface area contributed by atoms with Crippen molar-refractivity contribution in [3.8, 4) is 0 Å². The van der Waals surface area contributed by atoms with E-state index in [4.69, 9.17) is 0 Å². The zero-order chi connectivity index (χ0) is 14.7. The monoisotopic (exact) mass is 281 g/mol. The molecule has 0 amide bonds. The molecular formula is C16H19N5. The second-order valence-corrected chi connectivity index (χ2v) is 5.83. The van der Waals surface area contributed by atoms with Gasteiger partial charge in [-0.05, 0) is 32.3 Å². The van der Waals surface area contributed by atoms with Crippen LogP contribution < -0.4 is 5.32 Å². The summed E-state index contributed by atoms with van der Waals surface area (Å²) in [7, 11) is 0. The molecule has 5 nitrogen and oxygen atoms in total. The summed E-state index contributed by atoms with van der Waals surface area (Å²) in [5, 5.41) is 11.5. The number of aromatic nitrogens is 4. The lowest BCUT2D eigenvalue weighted by Gasteiger charge is -2.27. The number of nitrogens with one attached hydrogen (secondary N) is 1. The van der Waals surface area contributed by atoms with E-state index >= 15 is 0 Å². The van der Waals surface area contributed by atoms with Gasteiger partial charge in [-0.3, -0.25) is 4.40 Å². The van der Waals surface area contributed by atoms with Gasteiger partial charge in [-0.1, -0.05) is 30.3 Å². The molecule has 0 unspecified atom stereocenters. The molecule has 1 N–H and O–H groups in total. The Labute approximate surface area is 124 Å². The first-order valence-electron chi connectivity index (χ1n) is 7.10. The minimum atomic E-state index is -0.0728. The fourth-order valence-electron chi connectivity index (χ4n) is 2.33. The second kappa shape index (κ2) is 5.52. The normalized spacial score (nSPS) is 11.7. The maximum atomic E-state index is 4.38. The van der Waals surface area contributed by atoms with Crippen molar-refractivity contribution in [2.45, 2.75) is 32.2 Å². The van der Waals surface area contributed by atoms with E-state index < -0.39 is 0 Å². The summed E-state index contributed by atoms with van der Waals surface area (Å²) in [5.41, 5.74) is 2.03. The van der Waals surface area contributed by atoms with Gasteiger partial charge in [0.2, 0.25) is 5.65 Å². The van der Waals surface area contributed by atoms with Crippen LogP contribution in [0, 0.1) is 0 Å². The van der Waals surface area contributed by atoms with Gasteiger partial charge >= 0.3 is 0 Å². The quantitative estimate of drug-likeness (QED) is 0.781. The smallest absolute Gasteiger partial charge is 0.203 e. The summed E-state index contributed by atoms with van der Waals surface area (Å²) >= 11 is 0. The van der Waals surface area contributed by atoms with Gasteiger partial charge < -0.3 is 5.32 Å². The third kappa shape index (κ3) is 3.18. The van der Waals surface area contributed by atoms with E-state index in [2.05, 4.69) is 58.6 Å². The van der Waals surface area contributed by atoms with Crippen molar-refractivity contribution in [3.05, 3.63) is 54.6 Å². The Balaban J connectivity index is 1.72. The molecular weight excluding hydrogens is 262 g/mol. The number of rotatable bonds is 5. The summed E-state index contributed by atoms with van der Waals surface area (Å²) in [6, 6.07) is 10.5. The molecule has 0 saturated carbocycles. The highest BCUT2D eigenvalue weighted by Gasteiger charge is 2.19. The second-order valence-electron chi connectivity index (χ2n) is 5.83. The average molecular weight is 281 g/mol. The fourth-order valence-corrected chi connectivity index (χ4v) is 2.33. The molecule has 0 aliphatic carbocycles. The zero-order valence-corrected chi connectivity index (χ0v) is 12.3. The third-order valence-corrected chi connectivity index (χ3v) is 3.55. The van der Waals surface area contributed by atoms with Crippen molar-refractivity contribution in [3.63, 3.8) is 0 Å². The average Bonchev–Trinajstić information content (AvgIpc) is 2.96. The number of hydrogen-bond donors (Lipinski definition) is 1. The Kier molecular flexibility index (Phi) is 3.56. The first-order valence-corrected chi connectivity index (χ1v) is 7.10. The van der Waals surface area contributed by atoms with Crippen LogP contribution in [0.1, 0.15) is 25.8 Å². The molecule has 3 rings (SSSR count). The number of aryl methyl sites for hydroxylation is 1. The molecule has 0 atom stereocenters. The first kappa shape index (κ1) is 13.5. The molecule has 0 bridgehead atoms. The molecule has 2 aromatic heterocycles. The molecule has 3 aromatic rings. The van der Waals surface area contributed by atoms with E-state index in [0.717, 1.165) is 24.3 Å². The Hall–Kier alpha value is -2.43. The Bertz CT molecular complexity index is 718. The molecule has 1 aromatic carbocycles. The van der Waals surface area contributed by atoms with Gasteiger partial charge in [-0.25, -0.2) is 4.98 Å². The molecule has 0 aliphatic heterocycles. The van der Waals surface area contributed by atoms with Gasteiger partial charge in [0.15, 0.2) is 5.82 Å². The van der Waals surface area contributed by atoms with Gasteiger partial charge in [-0.2, -0.15) is 0 Å². The van der Waals surface area contributed by atoms with Crippen LogP contribution >= 0.6 is 0 Å². The molecule has 0 saturated heterocycles. The summed E-state index contributed by atoms with van der Waals surface area (Å²) < 4.78 is 1.86. The predicted octanol–water partition coefficient (Wildman–Crippen LogP) is 2.95. The van der Waals surface area contributed by atoms with E-state index in [1.54, 1.807) is 12.5 Å². The molecule has 0 fully saturated rings. The lowest BCUT2D eigenvalue weighted by Crippen LogP contribution is -2.32. The highest BCUT2D eigenvalue weighted by molar-refractivity contribution is 5.62. The lowest BCUT2D eigenvalue weighted by molar-refractivity contribution is 0.517. The number of fused-ring (bicyclic) bond motifs is 1. The zero-order valence-electron chi connectivity index (χ0n) is 12.3. The van der Waals surface area contributed by atoms with Gasteiger partial charge in [0, 0.05) is 17.9 Å². The first-order chi connectivity index (χ1) is 10.1. The highest BCUT2D eigenvalue weighted by atomic mass is 15.2. The Morgan fingerprint density at radius 3 is 2.81 bits per heavy atom. The standard InChI is InChI=1S/C16H19N5/c1-16(2,9-8-13-6-4-3-5-7-13)19-14-15-20-18-12-21(15)11-10-17-14/h3-7,10-12H,8-9H2,1-2H3,(H,17,19). The number of benzene rings is 1. The van der Waals surface area contributed by atoms with Crippen LogP contribution in [-0.4, -0.2) is 25.1 Å². The van der Waals surface area contributed by atoms with Crippen LogP contribution in [-0.2, 0) is 6.42 Å². The predicted molar refractivity (Wildman–Crippen MR) is 83.2 cm³/mol. The Morgan fingerprint density at radius 1 is 1.19 bits per heavy atom. The summed E-state index contributed by atoms with van der Waals surface area (Å²) in [6.07, 6.45) is 7.31. The SMILES string of the molecule is CC(C)(CCc1ccccc1)Nc1nccn2cnnc12. The molecule has 0 aliphatic rings. The maximum Gasteiger partial charge on any atom is 0.203 e. The molecule has 0 spiro atoms. The van der Waals surface area contributed by atoms with Crippen molar-refractivity contribution in [2.75, 3.05) is 5.32 Å². The van der Waals surface area contributed by atoms with Gasteiger partial charge in [0.05, 0.1) is 0 Å². The van der Waals surface area contributed by atoms with Crippen LogP contribution in [0.15, 0.2) is 49.1 Å².